The predicted molar refractivity (Wildman–Crippen MR) is 108 cm³/mol. The smallest absolute Gasteiger partial charge is 0.303 e. The van der Waals surface area contributed by atoms with Crippen LogP contribution in [0.3, 0.4) is 0 Å². The molecule has 1 saturated heterocycles. The van der Waals surface area contributed by atoms with E-state index in [2.05, 4.69) is 11.8 Å². The highest BCUT2D eigenvalue weighted by atomic mass is 32.2. The average Bonchev–Trinajstić information content (AvgIpc) is 2.65. The van der Waals surface area contributed by atoms with Crippen molar-refractivity contribution in [3.05, 3.63) is 35.9 Å². The number of carboxylic acids is 1. The topological polar surface area (TPSA) is 77.8 Å². The average molecular weight is 390 g/mol. The van der Waals surface area contributed by atoms with Crippen LogP contribution >= 0.6 is 11.8 Å². The Bertz CT molecular complexity index is 668. The van der Waals surface area contributed by atoms with Gasteiger partial charge in [-0.1, -0.05) is 48.0 Å². The van der Waals surface area contributed by atoms with Crippen molar-refractivity contribution in [1.82, 2.24) is 4.90 Å². The Morgan fingerprint density at radius 2 is 2.07 bits per heavy atom. The zero-order valence-corrected chi connectivity index (χ0v) is 16.3. The van der Waals surface area contributed by atoms with Gasteiger partial charge in [0.1, 0.15) is 0 Å². The number of aliphatic hydroxyl groups excluding tert-OH is 1. The molecule has 2 atom stereocenters. The van der Waals surface area contributed by atoms with Gasteiger partial charge in [-0.2, -0.15) is 0 Å². The van der Waals surface area contributed by atoms with Crippen LogP contribution in [0.5, 0.6) is 0 Å². The number of hydrogen-bond acceptors (Lipinski definition) is 4. The van der Waals surface area contributed by atoms with E-state index in [1.165, 1.54) is 11.8 Å². The summed E-state index contributed by atoms with van der Waals surface area (Å²) in [5, 5.41) is 19.0. The summed E-state index contributed by atoms with van der Waals surface area (Å²) >= 11 is 1.32. The number of rotatable bonds is 9. The molecule has 1 fully saturated rings. The van der Waals surface area contributed by atoms with Gasteiger partial charge in [-0.3, -0.25) is 9.59 Å². The van der Waals surface area contributed by atoms with Gasteiger partial charge < -0.3 is 15.1 Å². The molecule has 0 radical (unpaired) electrons. The molecule has 0 spiro atoms. The van der Waals surface area contributed by atoms with Gasteiger partial charge in [0.2, 0.25) is 0 Å². The molecule has 1 aromatic carbocycles. The lowest BCUT2D eigenvalue weighted by Gasteiger charge is -2.34. The van der Waals surface area contributed by atoms with Crippen molar-refractivity contribution in [3.8, 4) is 11.8 Å². The molecule has 0 saturated carbocycles. The molecule has 1 amide bonds. The first kappa shape index (κ1) is 21.3. The van der Waals surface area contributed by atoms with Gasteiger partial charge in [0.25, 0.3) is 5.24 Å². The first-order valence-electron chi connectivity index (χ1n) is 9.39. The minimum absolute atomic E-state index is 0.0450. The van der Waals surface area contributed by atoms with Gasteiger partial charge in [0.05, 0.1) is 12.6 Å². The van der Waals surface area contributed by atoms with Crippen LogP contribution in [0.2, 0.25) is 0 Å². The van der Waals surface area contributed by atoms with Crippen molar-refractivity contribution in [2.45, 2.75) is 57.1 Å². The summed E-state index contributed by atoms with van der Waals surface area (Å²) in [6, 6.07) is 10.0. The van der Waals surface area contributed by atoms with E-state index >= 15 is 0 Å². The second-order valence-corrected chi connectivity index (χ2v) is 7.75. The largest absolute Gasteiger partial charge is 0.481 e. The molecule has 2 N–H and O–H groups in total. The van der Waals surface area contributed by atoms with Gasteiger partial charge in [-0.25, -0.2) is 0 Å². The maximum Gasteiger partial charge on any atom is 0.303 e. The molecule has 6 heteroatoms. The van der Waals surface area contributed by atoms with E-state index < -0.39 is 12.1 Å². The van der Waals surface area contributed by atoms with Crippen molar-refractivity contribution in [2.24, 2.45) is 0 Å². The molecule has 27 heavy (non-hydrogen) atoms. The van der Waals surface area contributed by atoms with E-state index in [4.69, 9.17) is 5.11 Å². The maximum absolute atomic E-state index is 12.2. The number of carbonyl (C=O) groups excluding carboxylic acids is 1. The first-order valence-corrected chi connectivity index (χ1v) is 10.4. The fourth-order valence-electron chi connectivity index (χ4n) is 3.09. The van der Waals surface area contributed by atoms with E-state index in [-0.39, 0.29) is 17.7 Å². The first-order chi connectivity index (χ1) is 13.1. The lowest BCUT2D eigenvalue weighted by atomic mass is 9.99. The highest BCUT2D eigenvalue weighted by molar-refractivity contribution is 8.13. The van der Waals surface area contributed by atoms with Crippen molar-refractivity contribution in [1.29, 1.82) is 0 Å². The number of carbonyl (C=O) groups is 2. The molecule has 0 aliphatic carbocycles. The second kappa shape index (κ2) is 11.7. The van der Waals surface area contributed by atoms with Crippen molar-refractivity contribution in [3.63, 3.8) is 0 Å². The van der Waals surface area contributed by atoms with E-state index in [1.807, 2.05) is 30.3 Å². The van der Waals surface area contributed by atoms with E-state index in [0.717, 1.165) is 24.2 Å². The van der Waals surface area contributed by atoms with Crippen molar-refractivity contribution >= 4 is 23.0 Å². The molecule has 2 rings (SSSR count). The number of benzene rings is 1. The zero-order chi connectivity index (χ0) is 19.5. The Kier molecular flexibility index (Phi) is 9.23. The number of thioether (sulfide) groups is 1. The van der Waals surface area contributed by atoms with Gasteiger partial charge >= 0.3 is 5.97 Å². The standard InChI is InChI=1S/C21H27NO4S/c23-19(16-17-8-4-3-5-9-17)12-11-18-13-15-27-21(26)22(18)14-7-2-1-6-10-20(24)25/h3-5,8-9,18-19,23H,1,6,10-16H2,(H,24,25). The molecule has 5 nitrogen and oxygen atoms in total. The van der Waals surface area contributed by atoms with Crippen molar-refractivity contribution < 1.29 is 19.8 Å². The quantitative estimate of drug-likeness (QED) is 0.499. The molecule has 146 valence electrons. The summed E-state index contributed by atoms with van der Waals surface area (Å²) in [7, 11) is 0. The molecule has 1 heterocycles. The lowest BCUT2D eigenvalue weighted by Crippen LogP contribution is -2.42. The summed E-state index contributed by atoms with van der Waals surface area (Å²) in [4.78, 5) is 24.5. The second-order valence-electron chi connectivity index (χ2n) is 6.71. The Balaban J connectivity index is 1.79. The van der Waals surface area contributed by atoms with Crippen LogP contribution in [0.4, 0.5) is 4.79 Å². The van der Waals surface area contributed by atoms with Gasteiger partial charge in [0.15, 0.2) is 0 Å². The van der Waals surface area contributed by atoms with Crippen LogP contribution < -0.4 is 0 Å². The van der Waals surface area contributed by atoms with Crippen LogP contribution in [0, 0.1) is 11.8 Å². The molecule has 2 unspecified atom stereocenters. The number of carboxylic acid groups (broad SMARTS) is 1. The summed E-state index contributed by atoms with van der Waals surface area (Å²) in [5.74, 6) is 5.96. The lowest BCUT2D eigenvalue weighted by molar-refractivity contribution is -0.137. The van der Waals surface area contributed by atoms with Crippen LogP contribution in [-0.4, -0.2) is 50.8 Å². The Morgan fingerprint density at radius 3 is 2.81 bits per heavy atom. The monoisotopic (exact) mass is 389 g/mol. The molecular weight excluding hydrogens is 362 g/mol. The highest BCUT2D eigenvalue weighted by Crippen LogP contribution is 2.26. The van der Waals surface area contributed by atoms with Gasteiger partial charge in [0, 0.05) is 24.6 Å². The number of amides is 1. The molecular formula is C21H27NO4S. The number of nitrogens with zero attached hydrogens (tertiary/aromatic N) is 1. The van der Waals surface area contributed by atoms with Crippen LogP contribution in [0.1, 0.15) is 44.1 Å². The third kappa shape index (κ3) is 8.06. The SMILES string of the molecule is O=C(O)CCCC#CCN1C(=O)SCCC1CCC(O)Cc1ccccc1. The van der Waals surface area contributed by atoms with E-state index in [0.29, 0.717) is 32.2 Å². The fraction of sp³-hybridized carbons (Fsp3) is 0.524. The number of unbranched alkanes of at least 4 members (excludes halogenated alkanes) is 1. The van der Waals surface area contributed by atoms with Crippen molar-refractivity contribution in [2.75, 3.05) is 12.3 Å². The number of aliphatic carboxylic acids is 1. The van der Waals surface area contributed by atoms with Gasteiger partial charge in [-0.05, 0) is 37.7 Å². The number of hydrogen-bond donors (Lipinski definition) is 2. The summed E-state index contributed by atoms with van der Waals surface area (Å²) in [6.45, 7) is 0.373. The van der Waals surface area contributed by atoms with Crippen LogP contribution in [-0.2, 0) is 11.2 Å². The Hall–Kier alpha value is -1.97. The third-order valence-corrected chi connectivity index (χ3v) is 5.49. The molecule has 1 aliphatic rings. The minimum atomic E-state index is -0.812. The maximum atomic E-state index is 12.2. The summed E-state index contributed by atoms with van der Waals surface area (Å²) in [6.07, 6.45) is 3.72. The zero-order valence-electron chi connectivity index (χ0n) is 15.5. The summed E-state index contributed by atoms with van der Waals surface area (Å²) < 4.78 is 0. The van der Waals surface area contributed by atoms with Crippen LogP contribution in [0.15, 0.2) is 30.3 Å². The van der Waals surface area contributed by atoms with Crippen LogP contribution in [0.25, 0.3) is 0 Å². The summed E-state index contributed by atoms with van der Waals surface area (Å²) in [5.41, 5.74) is 1.12. The Labute approximate surface area is 165 Å². The molecule has 0 bridgehead atoms. The molecule has 1 aromatic rings. The van der Waals surface area contributed by atoms with E-state index in [9.17, 15) is 14.7 Å². The predicted octanol–water partition coefficient (Wildman–Crippen LogP) is 3.56. The minimum Gasteiger partial charge on any atom is -0.481 e. The Morgan fingerprint density at radius 1 is 1.30 bits per heavy atom. The third-order valence-electron chi connectivity index (χ3n) is 4.57. The molecule has 1 aliphatic heterocycles. The highest BCUT2D eigenvalue weighted by Gasteiger charge is 2.28. The fourth-order valence-corrected chi connectivity index (χ4v) is 4.04. The van der Waals surface area contributed by atoms with Gasteiger partial charge in [-0.15, -0.1) is 5.92 Å². The number of aliphatic hydroxyl groups is 1. The normalized spacial score (nSPS) is 17.9. The molecule has 0 aromatic heterocycles. The van der Waals surface area contributed by atoms with E-state index in [1.54, 1.807) is 4.90 Å².